The van der Waals surface area contributed by atoms with Gasteiger partial charge in [0.25, 0.3) is 0 Å². The highest BCUT2D eigenvalue weighted by molar-refractivity contribution is 6.04. The molecular formula is C25H33NO5. The summed E-state index contributed by atoms with van der Waals surface area (Å²) >= 11 is 0. The Labute approximate surface area is 183 Å². The van der Waals surface area contributed by atoms with Gasteiger partial charge in [0.1, 0.15) is 0 Å². The predicted molar refractivity (Wildman–Crippen MR) is 113 cm³/mol. The number of nitrogens with zero attached hydrogens (tertiary/aromatic N) is 1. The van der Waals surface area contributed by atoms with E-state index in [1.165, 1.54) is 25.2 Å². The maximum atomic E-state index is 13.0. The fraction of sp³-hybridized carbons (Fsp3) is 0.800. The van der Waals surface area contributed by atoms with Crippen LogP contribution in [0, 0.1) is 39.9 Å². The van der Waals surface area contributed by atoms with E-state index in [1.54, 1.807) is 0 Å². The molecule has 0 amide bonds. The summed E-state index contributed by atoms with van der Waals surface area (Å²) in [7, 11) is 1.49. The largest absolute Gasteiger partial charge is 0.469 e. The Balaban J connectivity index is 1.63. The van der Waals surface area contributed by atoms with Crippen molar-refractivity contribution in [2.45, 2.75) is 64.9 Å². The number of carbonyl (C=O) groups is 2. The van der Waals surface area contributed by atoms with Crippen LogP contribution in [-0.2, 0) is 19.1 Å². The second kappa shape index (κ2) is 6.21. The fourth-order valence-corrected chi connectivity index (χ4v) is 9.42. The minimum absolute atomic E-state index is 0.0581. The van der Waals surface area contributed by atoms with Gasteiger partial charge in [-0.25, -0.2) is 0 Å². The number of rotatable bonds is 3. The Morgan fingerprint density at radius 1 is 1.23 bits per heavy atom. The van der Waals surface area contributed by atoms with Crippen molar-refractivity contribution in [3.63, 3.8) is 0 Å². The second-order valence-electron chi connectivity index (χ2n) is 11.1. The minimum Gasteiger partial charge on any atom is -0.469 e. The van der Waals surface area contributed by atoms with Crippen LogP contribution in [0.3, 0.4) is 0 Å². The lowest BCUT2D eigenvalue weighted by molar-refractivity contribution is -0.190. The van der Waals surface area contributed by atoms with Gasteiger partial charge in [-0.1, -0.05) is 18.1 Å². The van der Waals surface area contributed by atoms with Gasteiger partial charge in [0.05, 0.1) is 25.7 Å². The summed E-state index contributed by atoms with van der Waals surface area (Å²) in [5, 5.41) is 11.9. The monoisotopic (exact) mass is 427 g/mol. The van der Waals surface area contributed by atoms with Gasteiger partial charge in [-0.3, -0.25) is 14.6 Å². The van der Waals surface area contributed by atoms with Crippen LogP contribution in [0.4, 0.5) is 0 Å². The third kappa shape index (κ3) is 2.03. The van der Waals surface area contributed by atoms with Gasteiger partial charge in [0.15, 0.2) is 0 Å². The van der Waals surface area contributed by atoms with E-state index in [0.29, 0.717) is 18.9 Å². The first kappa shape index (κ1) is 20.0. The molecule has 4 saturated carbocycles. The Bertz CT molecular complexity index is 938. The zero-order valence-corrected chi connectivity index (χ0v) is 18.8. The first-order valence-corrected chi connectivity index (χ1v) is 12.0. The number of aliphatic imine (C=N–C) groups is 1. The number of fused-ring (bicyclic) bond motifs is 1. The minimum atomic E-state index is -0.464. The summed E-state index contributed by atoms with van der Waals surface area (Å²) in [5.74, 6) is -0.0186. The fourth-order valence-electron chi connectivity index (χ4n) is 9.42. The summed E-state index contributed by atoms with van der Waals surface area (Å²) in [6.07, 6.45) is 5.97. The zero-order valence-electron chi connectivity index (χ0n) is 18.8. The average molecular weight is 428 g/mol. The molecule has 6 aliphatic carbocycles. The summed E-state index contributed by atoms with van der Waals surface area (Å²) in [5.41, 5.74) is 3.00. The molecule has 168 valence electrons. The van der Waals surface area contributed by atoms with E-state index in [4.69, 9.17) is 14.5 Å². The molecule has 6 heteroatoms. The number of carbonyl (C=O) groups excluding carboxylic acids is 2. The number of hydrogen-bond donors (Lipinski definition) is 1. The Morgan fingerprint density at radius 2 is 2.00 bits per heavy atom. The number of ether oxygens (including phenoxy) is 2. The number of hydrogen-bond acceptors (Lipinski definition) is 6. The lowest BCUT2D eigenvalue weighted by Gasteiger charge is -2.68. The van der Waals surface area contributed by atoms with E-state index in [2.05, 4.69) is 6.92 Å². The highest BCUT2D eigenvalue weighted by Gasteiger charge is 2.80. The van der Waals surface area contributed by atoms with Gasteiger partial charge in [0.2, 0.25) is 0 Å². The molecule has 6 nitrogen and oxygen atoms in total. The van der Waals surface area contributed by atoms with Crippen LogP contribution in [0.25, 0.3) is 0 Å². The third-order valence-corrected chi connectivity index (χ3v) is 10.5. The van der Waals surface area contributed by atoms with Gasteiger partial charge in [-0.15, -0.1) is 0 Å². The van der Waals surface area contributed by atoms with E-state index in [9.17, 15) is 14.7 Å². The van der Waals surface area contributed by atoms with Gasteiger partial charge >= 0.3 is 11.9 Å². The maximum absolute atomic E-state index is 13.0. The summed E-state index contributed by atoms with van der Waals surface area (Å²) in [6.45, 7) is 4.75. The predicted octanol–water partition coefficient (Wildman–Crippen LogP) is 3.08. The average Bonchev–Trinajstić information content (AvgIpc) is 3.39. The van der Waals surface area contributed by atoms with Crippen molar-refractivity contribution < 1.29 is 24.2 Å². The zero-order chi connectivity index (χ0) is 21.8. The molecule has 0 radical (unpaired) electrons. The van der Waals surface area contributed by atoms with Crippen LogP contribution in [0.5, 0.6) is 0 Å². The molecule has 0 aromatic carbocycles. The van der Waals surface area contributed by atoms with E-state index in [-0.39, 0.29) is 45.9 Å². The van der Waals surface area contributed by atoms with Crippen molar-refractivity contribution in [2.75, 3.05) is 20.3 Å². The van der Waals surface area contributed by atoms with Crippen LogP contribution in [0.1, 0.15) is 58.8 Å². The summed E-state index contributed by atoms with van der Waals surface area (Å²) < 4.78 is 11.1. The number of aliphatic hydroxyl groups excluding tert-OH is 1. The number of esters is 2. The van der Waals surface area contributed by atoms with Crippen molar-refractivity contribution in [2.24, 2.45) is 44.9 Å². The molecule has 0 aromatic rings. The van der Waals surface area contributed by atoms with Crippen LogP contribution in [-0.4, -0.2) is 49.1 Å². The maximum Gasteiger partial charge on any atom is 0.309 e. The lowest BCUT2D eigenvalue weighted by atomic mass is 9.35. The molecule has 0 aromatic heterocycles. The van der Waals surface area contributed by atoms with E-state index in [1.807, 2.05) is 0 Å². The van der Waals surface area contributed by atoms with Crippen molar-refractivity contribution in [1.82, 2.24) is 0 Å². The van der Waals surface area contributed by atoms with Gasteiger partial charge < -0.3 is 14.6 Å². The number of allylic oxidation sites excluding steroid dienone is 2. The first-order chi connectivity index (χ1) is 14.8. The topological polar surface area (TPSA) is 85.2 Å². The molecule has 7 rings (SSSR count). The summed E-state index contributed by atoms with van der Waals surface area (Å²) in [6, 6.07) is 0. The van der Waals surface area contributed by atoms with Gasteiger partial charge in [-0.05, 0) is 62.7 Å². The molecule has 0 saturated heterocycles. The lowest BCUT2D eigenvalue weighted by Crippen LogP contribution is -2.73. The molecule has 1 N–H and O–H groups in total. The van der Waals surface area contributed by atoms with Crippen molar-refractivity contribution in [1.29, 1.82) is 0 Å². The van der Waals surface area contributed by atoms with E-state index >= 15 is 0 Å². The number of methoxy groups -OCH3 is 1. The molecule has 8 atom stereocenters. The first-order valence-electron chi connectivity index (χ1n) is 12.0. The molecule has 0 unspecified atom stereocenters. The van der Waals surface area contributed by atoms with E-state index in [0.717, 1.165) is 50.8 Å². The quantitative estimate of drug-likeness (QED) is 0.553. The Morgan fingerprint density at radius 3 is 2.74 bits per heavy atom. The van der Waals surface area contributed by atoms with Crippen LogP contribution in [0.2, 0.25) is 0 Å². The normalized spacial score (nSPS) is 48.8. The molecule has 31 heavy (non-hydrogen) atoms. The van der Waals surface area contributed by atoms with Crippen molar-refractivity contribution >= 4 is 17.7 Å². The van der Waals surface area contributed by atoms with Gasteiger partial charge in [-0.2, -0.15) is 0 Å². The van der Waals surface area contributed by atoms with Crippen LogP contribution < -0.4 is 0 Å². The Kier molecular flexibility index (Phi) is 4.00. The molecule has 4 fully saturated rings. The van der Waals surface area contributed by atoms with Crippen molar-refractivity contribution in [3.05, 3.63) is 11.1 Å². The molecule has 7 aliphatic rings. The number of aliphatic hydroxyl groups is 1. The molecular weight excluding hydrogens is 394 g/mol. The smallest absolute Gasteiger partial charge is 0.309 e. The van der Waals surface area contributed by atoms with Crippen LogP contribution in [0.15, 0.2) is 16.1 Å². The molecule has 2 spiro atoms. The SMILES string of the molecule is COC(=O)[C@@H]1C[C@]23C4=NC[C@@H](C)[C@]45CC[C@@]2(COC(C)=O)[C@H](CCC2=C3[C@@H]1CC2)[C@H]5O. The van der Waals surface area contributed by atoms with Gasteiger partial charge in [0, 0.05) is 35.4 Å². The Hall–Kier alpha value is -1.69. The summed E-state index contributed by atoms with van der Waals surface area (Å²) in [4.78, 5) is 30.1. The van der Waals surface area contributed by atoms with Crippen LogP contribution >= 0.6 is 0 Å². The molecule has 4 bridgehead atoms. The highest BCUT2D eigenvalue weighted by atomic mass is 16.5. The second-order valence-corrected chi connectivity index (χ2v) is 11.1. The van der Waals surface area contributed by atoms with E-state index < -0.39 is 6.10 Å². The van der Waals surface area contributed by atoms with Crippen molar-refractivity contribution in [3.8, 4) is 0 Å². The molecule has 1 aliphatic heterocycles. The third-order valence-electron chi connectivity index (χ3n) is 10.5. The molecule has 1 heterocycles. The highest BCUT2D eigenvalue weighted by Crippen LogP contribution is 2.79. The standard InChI is InChI=1S/C25H33NO5/c1-13-11-26-22-24(13)9-8-23(12-31-14(2)27)18(20(24)28)7-5-15-4-6-16-17(21(29)30-3)10-25(22,23)19(15)16/h13,16-18,20,28H,4-12H2,1-3H3/t13-,16-,17-,18-,20-,23-,24+,25+/m1/s1.